The molecule has 0 aromatic heterocycles. The molecule has 0 amide bonds. The number of hydrogen-bond donors (Lipinski definition) is 1. The van der Waals surface area contributed by atoms with Gasteiger partial charge in [0.25, 0.3) is 8.32 Å². The van der Waals surface area contributed by atoms with Gasteiger partial charge in [0.2, 0.25) is 14.2 Å². The van der Waals surface area contributed by atoms with Gasteiger partial charge in [-0.2, -0.15) is 0 Å². The van der Waals surface area contributed by atoms with Crippen molar-refractivity contribution >= 4 is 36.5 Å². The number of rotatable bonds is 6. The highest BCUT2D eigenvalue weighted by atomic mass is 28.4. The smallest absolute Gasteiger partial charge is 0.278 e. The summed E-state index contributed by atoms with van der Waals surface area (Å²) >= 11 is 0. The molecule has 1 N–H and O–H groups in total. The van der Waals surface area contributed by atoms with Gasteiger partial charge < -0.3 is 13.9 Å². The molecule has 1 aromatic rings. The lowest BCUT2D eigenvalue weighted by molar-refractivity contribution is 0.320. The summed E-state index contributed by atoms with van der Waals surface area (Å²) in [5, 5.41) is 4.33. The lowest BCUT2D eigenvalue weighted by Gasteiger charge is -2.23. The molecule has 0 saturated heterocycles. The van der Waals surface area contributed by atoms with E-state index in [1.54, 1.807) is 0 Å². The van der Waals surface area contributed by atoms with E-state index >= 15 is 0 Å². The fourth-order valence-corrected chi connectivity index (χ4v) is 3.85. The van der Waals surface area contributed by atoms with Crippen molar-refractivity contribution in [2.45, 2.75) is 58.9 Å². The summed E-state index contributed by atoms with van der Waals surface area (Å²) in [4.78, 5) is 3.59. The maximum atomic E-state index is 6.13. The van der Waals surface area contributed by atoms with Gasteiger partial charge in [0, 0.05) is 11.3 Å². The summed E-state index contributed by atoms with van der Waals surface area (Å²) in [6, 6.07) is 8.28. The van der Waals surface area contributed by atoms with Gasteiger partial charge in [0.15, 0.2) is 0 Å². The molecule has 130 valence electrons. The molecule has 4 nitrogen and oxygen atoms in total. The SMILES string of the molecule is C[Si](C)(C)Nc1ccc(/C(=N/O[Si](C)(C)C)O[Si](C)(C)C)cc1. The first kappa shape index (κ1) is 20.0. The van der Waals surface area contributed by atoms with Gasteiger partial charge in [0.1, 0.15) is 8.24 Å². The van der Waals surface area contributed by atoms with Crippen LogP contribution in [0.25, 0.3) is 0 Å². The molecule has 0 aliphatic carbocycles. The van der Waals surface area contributed by atoms with Crippen LogP contribution in [-0.4, -0.2) is 30.8 Å². The van der Waals surface area contributed by atoms with E-state index in [9.17, 15) is 0 Å². The van der Waals surface area contributed by atoms with Gasteiger partial charge in [-0.25, -0.2) is 0 Å². The summed E-state index contributed by atoms with van der Waals surface area (Å²) in [7, 11) is -4.83. The van der Waals surface area contributed by atoms with Crippen LogP contribution < -0.4 is 4.98 Å². The van der Waals surface area contributed by atoms with Crippen molar-refractivity contribution in [3.05, 3.63) is 29.8 Å². The Morgan fingerprint density at radius 1 is 0.826 bits per heavy atom. The molecule has 1 rings (SSSR count). The molecule has 0 unspecified atom stereocenters. The molecular weight excluding hydrogens is 336 g/mol. The topological polar surface area (TPSA) is 42.9 Å². The quantitative estimate of drug-likeness (QED) is 0.321. The van der Waals surface area contributed by atoms with Crippen LogP contribution in [0.5, 0.6) is 0 Å². The zero-order chi connectivity index (χ0) is 17.9. The monoisotopic (exact) mass is 368 g/mol. The zero-order valence-corrected chi connectivity index (χ0v) is 19.1. The Kier molecular flexibility index (Phi) is 6.28. The van der Waals surface area contributed by atoms with E-state index in [0.717, 1.165) is 11.3 Å². The second kappa shape index (κ2) is 7.23. The normalized spacial score (nSPS) is 13.7. The molecule has 0 spiro atoms. The van der Waals surface area contributed by atoms with E-state index in [2.05, 4.69) is 93.3 Å². The molecule has 0 fully saturated rings. The van der Waals surface area contributed by atoms with E-state index in [0.29, 0.717) is 5.90 Å². The van der Waals surface area contributed by atoms with Crippen molar-refractivity contribution in [1.82, 2.24) is 0 Å². The Morgan fingerprint density at radius 2 is 1.35 bits per heavy atom. The van der Waals surface area contributed by atoms with Gasteiger partial charge in [-0.15, -0.1) is 0 Å². The van der Waals surface area contributed by atoms with Crippen LogP contribution in [0.3, 0.4) is 0 Å². The van der Waals surface area contributed by atoms with E-state index in [4.69, 9.17) is 8.95 Å². The Bertz CT molecular complexity index is 538. The minimum Gasteiger partial charge on any atom is -0.529 e. The third-order valence-electron chi connectivity index (χ3n) is 2.46. The number of hydrogen-bond acceptors (Lipinski definition) is 4. The highest BCUT2D eigenvalue weighted by molar-refractivity contribution is 6.79. The summed E-state index contributed by atoms with van der Waals surface area (Å²) in [5.41, 5.74) is 2.11. The molecule has 23 heavy (non-hydrogen) atoms. The average Bonchev–Trinajstić information content (AvgIpc) is 2.31. The van der Waals surface area contributed by atoms with Crippen LogP contribution in [0.2, 0.25) is 58.9 Å². The van der Waals surface area contributed by atoms with Crippen LogP contribution in [-0.2, 0) is 8.95 Å². The molecule has 0 radical (unpaired) electrons. The predicted octanol–water partition coefficient (Wildman–Crippen LogP) is 5.30. The second-order valence-electron chi connectivity index (χ2n) is 8.77. The van der Waals surface area contributed by atoms with Crippen molar-refractivity contribution in [2.75, 3.05) is 4.98 Å². The van der Waals surface area contributed by atoms with Crippen LogP contribution >= 0.6 is 0 Å². The maximum absolute atomic E-state index is 6.13. The van der Waals surface area contributed by atoms with Gasteiger partial charge in [-0.1, -0.05) is 24.8 Å². The number of benzene rings is 1. The molecule has 1 aromatic carbocycles. The molecule has 0 saturated carbocycles. The summed E-state index contributed by atoms with van der Waals surface area (Å²) < 4.78 is 11.9. The van der Waals surface area contributed by atoms with E-state index in [1.807, 2.05) is 0 Å². The third-order valence-corrected chi connectivity index (χ3v) is 4.94. The summed E-state index contributed by atoms with van der Waals surface area (Å²) in [5.74, 6) is 0.603. The molecule has 0 bridgehead atoms. The van der Waals surface area contributed by atoms with E-state index in [-0.39, 0.29) is 0 Å². The highest BCUT2D eigenvalue weighted by Gasteiger charge is 2.22. The lowest BCUT2D eigenvalue weighted by atomic mass is 10.2. The minimum absolute atomic E-state index is 0.603. The first-order chi connectivity index (χ1) is 10.3. The summed E-state index contributed by atoms with van der Waals surface area (Å²) in [6.07, 6.45) is 0. The largest absolute Gasteiger partial charge is 0.529 e. The minimum atomic E-state index is -1.76. The van der Waals surface area contributed by atoms with Crippen molar-refractivity contribution in [3.63, 3.8) is 0 Å². The number of oxime groups is 1. The van der Waals surface area contributed by atoms with E-state index < -0.39 is 24.9 Å². The highest BCUT2D eigenvalue weighted by Crippen LogP contribution is 2.17. The first-order valence-corrected chi connectivity index (χ1v) is 18.4. The van der Waals surface area contributed by atoms with Crippen LogP contribution in [0.4, 0.5) is 5.69 Å². The average molecular weight is 369 g/mol. The van der Waals surface area contributed by atoms with Crippen molar-refractivity contribution in [1.29, 1.82) is 0 Å². The number of nitrogens with zero attached hydrogens (tertiary/aromatic N) is 1. The Morgan fingerprint density at radius 3 is 1.74 bits per heavy atom. The predicted molar refractivity (Wildman–Crippen MR) is 109 cm³/mol. The van der Waals surface area contributed by atoms with Gasteiger partial charge in [0.05, 0.1) is 0 Å². The molecule has 0 aliphatic rings. The lowest BCUT2D eigenvalue weighted by Crippen LogP contribution is -2.32. The first-order valence-electron chi connectivity index (χ1n) is 8.09. The van der Waals surface area contributed by atoms with Crippen molar-refractivity contribution in [2.24, 2.45) is 5.16 Å². The van der Waals surface area contributed by atoms with Gasteiger partial charge in [-0.3, -0.25) is 0 Å². The molecule has 0 atom stereocenters. The van der Waals surface area contributed by atoms with Crippen LogP contribution in [0, 0.1) is 0 Å². The Hall–Kier alpha value is -1.06. The fraction of sp³-hybridized carbons (Fsp3) is 0.562. The van der Waals surface area contributed by atoms with Crippen molar-refractivity contribution in [3.8, 4) is 0 Å². The maximum Gasteiger partial charge on any atom is 0.278 e. The molecule has 7 heteroatoms. The third kappa shape index (κ3) is 8.97. The van der Waals surface area contributed by atoms with Crippen molar-refractivity contribution < 1.29 is 8.95 Å². The van der Waals surface area contributed by atoms with Crippen LogP contribution in [0.1, 0.15) is 5.56 Å². The van der Waals surface area contributed by atoms with Crippen LogP contribution in [0.15, 0.2) is 29.4 Å². The van der Waals surface area contributed by atoms with E-state index in [1.165, 1.54) is 0 Å². The number of anilines is 1. The summed E-state index contributed by atoms with van der Waals surface area (Å²) in [6.45, 7) is 19.6. The molecule has 0 aliphatic heterocycles. The van der Waals surface area contributed by atoms with Gasteiger partial charge in [-0.05, 0) is 63.5 Å². The standard InChI is InChI=1S/C16H32N2O2Si3/c1-21(2,3)18-15-12-10-14(11-13-15)16(19-22(4,5)6)17-20-23(7,8)9/h10-13,18H,1-9H3/b17-16-. The fourth-order valence-electron chi connectivity index (χ4n) is 1.73. The Labute approximate surface area is 144 Å². The Balaban J connectivity index is 3.02. The molecule has 0 heterocycles. The molecular formula is C16H32N2O2Si3. The zero-order valence-electron chi connectivity index (χ0n) is 16.1. The van der Waals surface area contributed by atoms with Gasteiger partial charge >= 0.3 is 0 Å². The number of nitrogens with one attached hydrogen (secondary N) is 1. The second-order valence-corrected chi connectivity index (χ2v) is 22.4.